The molecule has 1 fully saturated rings. The molecular formula is C16H22FNO2. The SMILES string of the molecule is CC[C@H](Oc1ccc(F)cc1)C(=O)N1CCC(C)CC1. The maximum absolute atomic E-state index is 12.9. The predicted octanol–water partition coefficient (Wildman–Crippen LogP) is 3.24. The van der Waals surface area contributed by atoms with Gasteiger partial charge in [-0.15, -0.1) is 0 Å². The van der Waals surface area contributed by atoms with Gasteiger partial charge in [-0.25, -0.2) is 4.39 Å². The van der Waals surface area contributed by atoms with Crippen LogP contribution in [0.15, 0.2) is 24.3 Å². The largest absolute Gasteiger partial charge is 0.481 e. The second kappa shape index (κ2) is 6.73. The van der Waals surface area contributed by atoms with Gasteiger partial charge in [0.05, 0.1) is 0 Å². The van der Waals surface area contributed by atoms with Crippen LogP contribution in [0.25, 0.3) is 0 Å². The van der Waals surface area contributed by atoms with Crippen molar-refractivity contribution in [2.45, 2.75) is 39.2 Å². The average Bonchev–Trinajstić information content (AvgIpc) is 2.47. The monoisotopic (exact) mass is 279 g/mol. The van der Waals surface area contributed by atoms with Gasteiger partial charge in [0.25, 0.3) is 5.91 Å². The summed E-state index contributed by atoms with van der Waals surface area (Å²) in [7, 11) is 0. The van der Waals surface area contributed by atoms with E-state index in [9.17, 15) is 9.18 Å². The molecule has 1 aliphatic heterocycles. The first-order valence-corrected chi connectivity index (χ1v) is 7.31. The summed E-state index contributed by atoms with van der Waals surface area (Å²) >= 11 is 0. The predicted molar refractivity (Wildman–Crippen MR) is 76.1 cm³/mol. The maximum Gasteiger partial charge on any atom is 0.263 e. The van der Waals surface area contributed by atoms with E-state index in [0.29, 0.717) is 18.1 Å². The molecule has 2 rings (SSSR count). The summed E-state index contributed by atoms with van der Waals surface area (Å²) in [6.07, 6.45) is 2.24. The summed E-state index contributed by atoms with van der Waals surface area (Å²) in [5.74, 6) is 0.972. The van der Waals surface area contributed by atoms with Gasteiger partial charge in [-0.1, -0.05) is 13.8 Å². The number of hydrogen-bond acceptors (Lipinski definition) is 2. The molecule has 110 valence electrons. The van der Waals surface area contributed by atoms with Crippen LogP contribution in [-0.2, 0) is 4.79 Å². The van der Waals surface area contributed by atoms with Gasteiger partial charge in [0.2, 0.25) is 0 Å². The Morgan fingerprint density at radius 2 is 1.95 bits per heavy atom. The van der Waals surface area contributed by atoms with Gasteiger partial charge in [0, 0.05) is 13.1 Å². The zero-order valence-electron chi connectivity index (χ0n) is 12.1. The Morgan fingerprint density at radius 3 is 2.50 bits per heavy atom. The minimum absolute atomic E-state index is 0.0451. The molecule has 1 aromatic carbocycles. The minimum Gasteiger partial charge on any atom is -0.481 e. The first kappa shape index (κ1) is 14.8. The van der Waals surface area contributed by atoms with Crippen molar-refractivity contribution in [3.63, 3.8) is 0 Å². The number of hydrogen-bond donors (Lipinski definition) is 0. The van der Waals surface area contributed by atoms with Crippen molar-refractivity contribution < 1.29 is 13.9 Å². The van der Waals surface area contributed by atoms with E-state index in [1.807, 2.05) is 11.8 Å². The molecule has 1 atom stereocenters. The number of amides is 1. The van der Waals surface area contributed by atoms with Crippen LogP contribution in [0.4, 0.5) is 4.39 Å². The fourth-order valence-corrected chi connectivity index (χ4v) is 2.42. The third kappa shape index (κ3) is 3.71. The highest BCUT2D eigenvalue weighted by atomic mass is 19.1. The smallest absolute Gasteiger partial charge is 0.263 e. The van der Waals surface area contributed by atoms with Gasteiger partial charge in [-0.05, 0) is 49.4 Å². The first-order chi connectivity index (χ1) is 9.60. The van der Waals surface area contributed by atoms with Crippen molar-refractivity contribution in [2.75, 3.05) is 13.1 Å². The van der Waals surface area contributed by atoms with Gasteiger partial charge in [0.15, 0.2) is 6.10 Å². The van der Waals surface area contributed by atoms with Crippen molar-refractivity contribution >= 4 is 5.91 Å². The van der Waals surface area contributed by atoms with Crippen molar-refractivity contribution in [3.8, 4) is 5.75 Å². The Hall–Kier alpha value is -1.58. The van der Waals surface area contributed by atoms with E-state index in [1.165, 1.54) is 12.1 Å². The number of halogens is 1. The molecule has 0 saturated carbocycles. The summed E-state index contributed by atoms with van der Waals surface area (Å²) in [5.41, 5.74) is 0. The van der Waals surface area contributed by atoms with Crippen molar-refractivity contribution in [1.29, 1.82) is 0 Å². The van der Waals surface area contributed by atoms with Crippen LogP contribution in [0.3, 0.4) is 0 Å². The molecule has 0 aromatic heterocycles. The second-order valence-corrected chi connectivity index (χ2v) is 5.48. The number of rotatable bonds is 4. The third-order valence-corrected chi connectivity index (χ3v) is 3.83. The van der Waals surface area contributed by atoms with Crippen LogP contribution < -0.4 is 4.74 Å². The molecule has 0 aliphatic carbocycles. The molecule has 1 heterocycles. The van der Waals surface area contributed by atoms with Crippen LogP contribution in [-0.4, -0.2) is 30.0 Å². The quantitative estimate of drug-likeness (QED) is 0.846. The number of carbonyl (C=O) groups excluding carboxylic acids is 1. The van der Waals surface area contributed by atoms with Crippen LogP contribution in [0.1, 0.15) is 33.1 Å². The maximum atomic E-state index is 12.9. The van der Waals surface area contributed by atoms with E-state index < -0.39 is 6.10 Å². The summed E-state index contributed by atoms with van der Waals surface area (Å²) in [4.78, 5) is 14.3. The van der Waals surface area contributed by atoms with Crippen LogP contribution >= 0.6 is 0 Å². The van der Waals surface area contributed by atoms with Crippen LogP contribution in [0, 0.1) is 11.7 Å². The third-order valence-electron chi connectivity index (χ3n) is 3.83. The number of carbonyl (C=O) groups is 1. The molecule has 0 spiro atoms. The number of ether oxygens (including phenoxy) is 1. The van der Waals surface area contributed by atoms with E-state index in [-0.39, 0.29) is 11.7 Å². The van der Waals surface area contributed by atoms with Crippen LogP contribution in [0.5, 0.6) is 5.75 Å². The molecule has 1 aliphatic rings. The van der Waals surface area contributed by atoms with Crippen molar-refractivity contribution in [1.82, 2.24) is 4.90 Å². The molecule has 0 unspecified atom stereocenters. The highest BCUT2D eigenvalue weighted by Gasteiger charge is 2.27. The summed E-state index contributed by atoms with van der Waals surface area (Å²) in [6, 6.07) is 5.80. The fraction of sp³-hybridized carbons (Fsp3) is 0.562. The lowest BCUT2D eigenvalue weighted by molar-refractivity contribution is -0.140. The van der Waals surface area contributed by atoms with Gasteiger partial charge in [-0.2, -0.15) is 0 Å². The minimum atomic E-state index is -0.478. The highest BCUT2D eigenvalue weighted by molar-refractivity contribution is 5.81. The summed E-state index contributed by atoms with van der Waals surface area (Å²) < 4.78 is 18.6. The second-order valence-electron chi connectivity index (χ2n) is 5.48. The summed E-state index contributed by atoms with van der Waals surface area (Å²) in [5, 5.41) is 0. The number of benzene rings is 1. The molecule has 20 heavy (non-hydrogen) atoms. The Bertz CT molecular complexity index is 438. The van der Waals surface area contributed by atoms with Gasteiger partial charge >= 0.3 is 0 Å². The Labute approximate surface area is 119 Å². The topological polar surface area (TPSA) is 29.5 Å². The zero-order chi connectivity index (χ0) is 14.5. The van der Waals surface area contributed by atoms with E-state index in [1.54, 1.807) is 12.1 Å². The molecule has 0 radical (unpaired) electrons. The van der Waals surface area contributed by atoms with E-state index in [4.69, 9.17) is 4.74 Å². The molecule has 1 aromatic rings. The molecule has 1 saturated heterocycles. The lowest BCUT2D eigenvalue weighted by Gasteiger charge is -2.32. The standard InChI is InChI=1S/C16H22FNO2/c1-3-15(20-14-6-4-13(17)5-7-14)16(19)18-10-8-12(2)9-11-18/h4-7,12,15H,3,8-11H2,1-2H3/t15-/m0/s1. The Kier molecular flexibility index (Phi) is 4.99. The molecule has 0 N–H and O–H groups in total. The van der Waals surface area contributed by atoms with Gasteiger partial charge in [-0.3, -0.25) is 4.79 Å². The lowest BCUT2D eigenvalue weighted by atomic mass is 9.99. The molecule has 4 heteroatoms. The van der Waals surface area contributed by atoms with Gasteiger partial charge in [0.1, 0.15) is 11.6 Å². The molecular weight excluding hydrogens is 257 g/mol. The van der Waals surface area contributed by atoms with E-state index in [0.717, 1.165) is 25.9 Å². The van der Waals surface area contributed by atoms with Crippen LogP contribution in [0.2, 0.25) is 0 Å². The number of nitrogens with zero attached hydrogens (tertiary/aromatic N) is 1. The molecule has 3 nitrogen and oxygen atoms in total. The normalized spacial score (nSPS) is 17.9. The van der Waals surface area contributed by atoms with E-state index >= 15 is 0 Å². The molecule has 1 amide bonds. The van der Waals surface area contributed by atoms with Crippen molar-refractivity contribution in [3.05, 3.63) is 30.1 Å². The lowest BCUT2D eigenvalue weighted by Crippen LogP contribution is -2.45. The Morgan fingerprint density at radius 1 is 1.35 bits per heavy atom. The number of likely N-dealkylation sites (tertiary alicyclic amines) is 1. The average molecular weight is 279 g/mol. The fourth-order valence-electron chi connectivity index (χ4n) is 2.42. The summed E-state index contributed by atoms with van der Waals surface area (Å²) in [6.45, 7) is 5.76. The van der Waals surface area contributed by atoms with Crippen molar-refractivity contribution in [2.24, 2.45) is 5.92 Å². The molecule has 0 bridgehead atoms. The first-order valence-electron chi connectivity index (χ1n) is 7.31. The highest BCUT2D eigenvalue weighted by Crippen LogP contribution is 2.20. The van der Waals surface area contributed by atoms with E-state index in [2.05, 4.69) is 6.92 Å². The number of piperidine rings is 1. The zero-order valence-corrected chi connectivity index (χ0v) is 12.1. The Balaban J connectivity index is 1.97. The van der Waals surface area contributed by atoms with Gasteiger partial charge < -0.3 is 9.64 Å².